The van der Waals surface area contributed by atoms with Crippen molar-refractivity contribution in [2.45, 2.75) is 0 Å². The van der Waals surface area contributed by atoms with Crippen molar-refractivity contribution in [3.63, 3.8) is 0 Å². The van der Waals surface area contributed by atoms with Gasteiger partial charge in [0, 0.05) is 20.6 Å². The first kappa shape index (κ1) is 14.6. The molecule has 4 nitrogen and oxygen atoms in total. The van der Waals surface area contributed by atoms with Crippen molar-refractivity contribution in [1.29, 1.82) is 0 Å². The Kier molecular flexibility index (Phi) is 4.76. The van der Waals surface area contributed by atoms with Crippen LogP contribution in [-0.4, -0.2) is 17.2 Å². The first-order valence-corrected chi connectivity index (χ1v) is 6.81. The maximum absolute atomic E-state index is 11.8. The summed E-state index contributed by atoms with van der Waals surface area (Å²) < 4.78 is 0.764. The summed E-state index contributed by atoms with van der Waals surface area (Å²) >= 11 is 9.06. The fourth-order valence-corrected chi connectivity index (χ4v) is 1.93. The summed E-state index contributed by atoms with van der Waals surface area (Å²) in [6.07, 6.45) is 1.44. The van der Waals surface area contributed by atoms with Gasteiger partial charge in [-0.15, -0.1) is 0 Å². The Labute approximate surface area is 129 Å². The highest BCUT2D eigenvalue weighted by Crippen LogP contribution is 2.19. The molecule has 0 bridgehead atoms. The lowest BCUT2D eigenvalue weighted by molar-refractivity contribution is 0.0955. The number of hydrazone groups is 1. The Hall–Kier alpha value is -1.85. The number of nitrogens with zero attached hydrogens (tertiary/aromatic N) is 1. The van der Waals surface area contributed by atoms with Crippen LogP contribution in [0.5, 0.6) is 5.75 Å². The van der Waals surface area contributed by atoms with Gasteiger partial charge in [0.2, 0.25) is 0 Å². The van der Waals surface area contributed by atoms with Crippen LogP contribution in [0.4, 0.5) is 0 Å². The van der Waals surface area contributed by atoms with Gasteiger partial charge in [0.25, 0.3) is 5.91 Å². The molecule has 2 aromatic carbocycles. The number of hydrogen-bond donors (Lipinski definition) is 2. The molecule has 20 heavy (non-hydrogen) atoms. The summed E-state index contributed by atoms with van der Waals surface area (Å²) in [6.45, 7) is 0. The first-order valence-electron chi connectivity index (χ1n) is 5.64. The van der Waals surface area contributed by atoms with E-state index in [1.165, 1.54) is 12.3 Å². The zero-order chi connectivity index (χ0) is 14.5. The fraction of sp³-hybridized carbons (Fsp3) is 0. The fourth-order valence-electron chi connectivity index (χ4n) is 1.46. The number of amides is 1. The van der Waals surface area contributed by atoms with E-state index in [4.69, 9.17) is 11.6 Å². The molecule has 0 saturated heterocycles. The molecule has 6 heteroatoms. The molecular formula is C14H10BrClN2O2. The minimum Gasteiger partial charge on any atom is -0.508 e. The van der Waals surface area contributed by atoms with Crippen molar-refractivity contribution >= 4 is 39.7 Å². The number of phenols is 1. The van der Waals surface area contributed by atoms with Crippen LogP contribution in [0.25, 0.3) is 0 Å². The molecule has 0 aliphatic heterocycles. The molecule has 2 N–H and O–H groups in total. The summed E-state index contributed by atoms with van der Waals surface area (Å²) in [5, 5.41) is 13.8. The number of halogens is 2. The lowest BCUT2D eigenvalue weighted by atomic mass is 10.2. The molecule has 0 heterocycles. The Bertz CT molecular complexity index is 657. The van der Waals surface area contributed by atoms with Crippen LogP contribution in [0.3, 0.4) is 0 Å². The predicted octanol–water partition coefficient (Wildman–Crippen LogP) is 3.57. The average molecular weight is 354 g/mol. The number of nitrogens with one attached hydrogen (secondary N) is 1. The topological polar surface area (TPSA) is 61.7 Å². The molecule has 0 atom stereocenters. The van der Waals surface area contributed by atoms with Crippen LogP contribution in [0.1, 0.15) is 15.9 Å². The average Bonchev–Trinajstić information content (AvgIpc) is 2.43. The van der Waals surface area contributed by atoms with Crippen molar-refractivity contribution in [3.8, 4) is 5.75 Å². The molecule has 2 aromatic rings. The van der Waals surface area contributed by atoms with Gasteiger partial charge in [0.1, 0.15) is 5.75 Å². The van der Waals surface area contributed by atoms with E-state index < -0.39 is 0 Å². The van der Waals surface area contributed by atoms with Crippen LogP contribution >= 0.6 is 27.5 Å². The maximum Gasteiger partial charge on any atom is 0.271 e. The molecule has 102 valence electrons. The van der Waals surface area contributed by atoms with E-state index in [1.807, 2.05) is 0 Å². The number of benzene rings is 2. The minimum absolute atomic E-state index is 0.124. The normalized spacial score (nSPS) is 10.7. The zero-order valence-electron chi connectivity index (χ0n) is 10.2. The molecule has 0 fully saturated rings. The van der Waals surface area contributed by atoms with Gasteiger partial charge in [-0.05, 0) is 42.5 Å². The van der Waals surface area contributed by atoms with Gasteiger partial charge in [-0.1, -0.05) is 27.5 Å². The highest BCUT2D eigenvalue weighted by atomic mass is 79.9. The van der Waals surface area contributed by atoms with Gasteiger partial charge < -0.3 is 5.11 Å². The van der Waals surface area contributed by atoms with Gasteiger partial charge in [-0.25, -0.2) is 5.43 Å². The molecule has 0 saturated carbocycles. The molecular weight excluding hydrogens is 344 g/mol. The van der Waals surface area contributed by atoms with Crippen molar-refractivity contribution in [1.82, 2.24) is 5.43 Å². The number of carbonyl (C=O) groups is 1. The summed E-state index contributed by atoms with van der Waals surface area (Å²) in [5.74, 6) is -0.215. The van der Waals surface area contributed by atoms with Gasteiger partial charge in [0.05, 0.1) is 6.21 Å². The van der Waals surface area contributed by atoms with Gasteiger partial charge in [-0.3, -0.25) is 4.79 Å². The summed E-state index contributed by atoms with van der Waals surface area (Å²) in [7, 11) is 0. The van der Waals surface area contributed by atoms with E-state index in [2.05, 4.69) is 26.5 Å². The van der Waals surface area contributed by atoms with Crippen molar-refractivity contribution in [2.24, 2.45) is 5.10 Å². The second kappa shape index (κ2) is 6.54. The third kappa shape index (κ3) is 3.82. The molecule has 0 aliphatic rings. The third-order valence-corrected chi connectivity index (χ3v) is 3.43. The highest BCUT2D eigenvalue weighted by Gasteiger charge is 2.03. The van der Waals surface area contributed by atoms with Gasteiger partial charge >= 0.3 is 0 Å². The van der Waals surface area contributed by atoms with Crippen molar-refractivity contribution < 1.29 is 9.90 Å². The Morgan fingerprint density at radius 3 is 2.65 bits per heavy atom. The van der Waals surface area contributed by atoms with Crippen LogP contribution in [0.2, 0.25) is 5.02 Å². The van der Waals surface area contributed by atoms with E-state index in [-0.39, 0.29) is 11.7 Å². The summed E-state index contributed by atoms with van der Waals surface area (Å²) in [4.78, 5) is 11.8. The number of aromatic hydroxyl groups is 1. The van der Waals surface area contributed by atoms with Crippen LogP contribution in [0.15, 0.2) is 52.0 Å². The monoisotopic (exact) mass is 352 g/mol. The standard InChI is InChI=1S/C14H10BrClN2O2/c15-13-6-5-12(19)7-10(13)8-17-18-14(20)9-1-3-11(16)4-2-9/h1-8,19H,(H,18,20)/b17-8-. The maximum atomic E-state index is 11.8. The number of rotatable bonds is 3. The molecule has 0 aromatic heterocycles. The Balaban J connectivity index is 2.04. The number of carbonyl (C=O) groups excluding carboxylic acids is 1. The van der Waals surface area contributed by atoms with E-state index >= 15 is 0 Å². The second-order valence-electron chi connectivity index (χ2n) is 3.91. The minimum atomic E-state index is -0.339. The molecule has 0 unspecified atom stereocenters. The van der Waals surface area contributed by atoms with Crippen molar-refractivity contribution in [3.05, 3.63) is 63.1 Å². The second-order valence-corrected chi connectivity index (χ2v) is 5.20. The Morgan fingerprint density at radius 1 is 1.25 bits per heavy atom. The van der Waals surface area contributed by atoms with Gasteiger partial charge in [0.15, 0.2) is 0 Å². The number of hydrogen-bond acceptors (Lipinski definition) is 3. The quantitative estimate of drug-likeness (QED) is 0.654. The molecule has 0 spiro atoms. The lowest BCUT2D eigenvalue weighted by Crippen LogP contribution is -2.17. The third-order valence-electron chi connectivity index (χ3n) is 2.46. The molecule has 2 rings (SSSR count). The van der Waals surface area contributed by atoms with E-state index in [0.29, 0.717) is 16.1 Å². The zero-order valence-corrected chi connectivity index (χ0v) is 12.5. The van der Waals surface area contributed by atoms with Crippen LogP contribution in [-0.2, 0) is 0 Å². The predicted molar refractivity (Wildman–Crippen MR) is 82.3 cm³/mol. The summed E-state index contributed by atoms with van der Waals surface area (Å²) in [6, 6.07) is 11.3. The molecule has 0 aliphatic carbocycles. The largest absolute Gasteiger partial charge is 0.508 e. The van der Waals surface area contributed by atoms with Crippen LogP contribution < -0.4 is 5.43 Å². The van der Waals surface area contributed by atoms with Gasteiger partial charge in [-0.2, -0.15) is 5.10 Å². The van der Waals surface area contributed by atoms with E-state index in [0.717, 1.165) is 4.47 Å². The number of phenolic OH excluding ortho intramolecular Hbond substituents is 1. The summed E-state index contributed by atoms with van der Waals surface area (Å²) in [5.41, 5.74) is 3.51. The van der Waals surface area contributed by atoms with Crippen molar-refractivity contribution in [2.75, 3.05) is 0 Å². The molecule has 0 radical (unpaired) electrons. The highest BCUT2D eigenvalue weighted by molar-refractivity contribution is 9.10. The SMILES string of the molecule is O=C(N/N=C\c1cc(O)ccc1Br)c1ccc(Cl)cc1. The van der Waals surface area contributed by atoms with Crippen LogP contribution in [0, 0.1) is 0 Å². The smallest absolute Gasteiger partial charge is 0.271 e. The molecule has 1 amide bonds. The Morgan fingerprint density at radius 2 is 1.95 bits per heavy atom. The van der Waals surface area contributed by atoms with E-state index in [1.54, 1.807) is 36.4 Å². The lowest BCUT2D eigenvalue weighted by Gasteiger charge is -2.01. The first-order chi connectivity index (χ1) is 9.56. The van der Waals surface area contributed by atoms with E-state index in [9.17, 15) is 9.90 Å².